The van der Waals surface area contributed by atoms with Crippen molar-refractivity contribution in [3.8, 4) is 11.3 Å². The van der Waals surface area contributed by atoms with Crippen molar-refractivity contribution in [2.75, 3.05) is 26.2 Å². The van der Waals surface area contributed by atoms with Crippen LogP contribution in [0.4, 0.5) is 0 Å². The number of carbonyl (C=O) groups is 1. The zero-order chi connectivity index (χ0) is 19.8. The predicted molar refractivity (Wildman–Crippen MR) is 111 cm³/mol. The Morgan fingerprint density at radius 3 is 2.50 bits per heavy atom. The van der Waals surface area contributed by atoms with Crippen LogP contribution in [0, 0.1) is 0 Å². The summed E-state index contributed by atoms with van der Waals surface area (Å²) in [6.45, 7) is 4.13. The number of aromatic nitrogens is 2. The summed E-state index contributed by atoms with van der Waals surface area (Å²) in [4.78, 5) is 25.9. The third-order valence-corrected chi connectivity index (χ3v) is 5.39. The molecule has 1 saturated heterocycles. The van der Waals surface area contributed by atoms with Crippen LogP contribution in [0.1, 0.15) is 32.1 Å². The Labute approximate surface area is 170 Å². The van der Waals surface area contributed by atoms with Crippen LogP contribution >= 0.6 is 11.6 Å². The Kier molecular flexibility index (Phi) is 7.62. The number of benzene rings is 1. The van der Waals surface area contributed by atoms with E-state index >= 15 is 0 Å². The minimum atomic E-state index is -0.290. The van der Waals surface area contributed by atoms with E-state index in [0.717, 1.165) is 18.5 Å². The molecule has 2 aromatic rings. The summed E-state index contributed by atoms with van der Waals surface area (Å²) in [5.74, 6) is -0.186. The minimum Gasteiger partial charge on any atom is -0.354 e. The molecule has 6 nitrogen and oxygen atoms in total. The maximum Gasteiger partial charge on any atom is 0.267 e. The topological polar surface area (TPSA) is 68.4 Å². The van der Waals surface area contributed by atoms with E-state index in [0.29, 0.717) is 17.3 Å². The van der Waals surface area contributed by atoms with Gasteiger partial charge in [0.15, 0.2) is 0 Å². The highest BCUT2D eigenvalue weighted by atomic mass is 35.5. The molecule has 1 amide bonds. The highest BCUT2D eigenvalue weighted by Gasteiger charge is 2.12. The molecule has 28 heavy (non-hydrogen) atoms. The third kappa shape index (κ3) is 6.17. The van der Waals surface area contributed by atoms with Crippen molar-refractivity contribution < 1.29 is 9.69 Å². The highest BCUT2D eigenvalue weighted by Crippen LogP contribution is 2.18. The molecular formula is C21H28ClN4O2+. The zero-order valence-electron chi connectivity index (χ0n) is 16.1. The van der Waals surface area contributed by atoms with Crippen LogP contribution in [0.15, 0.2) is 41.2 Å². The summed E-state index contributed by atoms with van der Waals surface area (Å²) in [6, 6.07) is 10.3. The Hall–Kier alpha value is -2.18. The number of likely N-dealkylation sites (tertiary alicyclic amines) is 1. The second-order valence-corrected chi connectivity index (χ2v) is 7.78. The predicted octanol–water partition coefficient (Wildman–Crippen LogP) is 1.53. The number of quaternary nitrogens is 1. The van der Waals surface area contributed by atoms with Gasteiger partial charge < -0.3 is 10.2 Å². The Balaban J connectivity index is 1.50. The lowest BCUT2D eigenvalue weighted by molar-refractivity contribution is -0.899. The number of halogens is 1. The van der Waals surface area contributed by atoms with Crippen LogP contribution in [0.5, 0.6) is 0 Å². The first-order valence-electron chi connectivity index (χ1n) is 10.1. The molecule has 2 heterocycles. The normalized spacial score (nSPS) is 15.2. The van der Waals surface area contributed by atoms with Crippen molar-refractivity contribution >= 4 is 17.5 Å². The van der Waals surface area contributed by atoms with E-state index in [2.05, 4.69) is 10.4 Å². The van der Waals surface area contributed by atoms with Crippen LogP contribution in [0.3, 0.4) is 0 Å². The van der Waals surface area contributed by atoms with Crippen molar-refractivity contribution in [2.24, 2.45) is 0 Å². The molecule has 1 aliphatic rings. The van der Waals surface area contributed by atoms with Gasteiger partial charge in [-0.3, -0.25) is 9.59 Å². The number of nitrogens with zero attached hydrogens (tertiary/aromatic N) is 2. The second-order valence-electron chi connectivity index (χ2n) is 7.34. The van der Waals surface area contributed by atoms with E-state index in [-0.39, 0.29) is 18.0 Å². The molecule has 7 heteroatoms. The van der Waals surface area contributed by atoms with Crippen molar-refractivity contribution in [3.05, 3.63) is 51.8 Å². The number of carbonyl (C=O) groups excluding carboxylic acids is 1. The first-order chi connectivity index (χ1) is 13.6. The van der Waals surface area contributed by atoms with Crippen molar-refractivity contribution in [1.29, 1.82) is 0 Å². The van der Waals surface area contributed by atoms with Crippen LogP contribution in [0.2, 0.25) is 5.02 Å². The molecule has 1 aromatic carbocycles. The molecule has 1 fully saturated rings. The standard InChI is InChI=1S/C21H27ClN4O2/c22-18-8-6-17(7-9-18)19-10-11-21(28)26(24-19)16-20(27)23-12-5-15-25-13-3-1-2-4-14-25/h6-11H,1-5,12-16H2,(H,23,27)/p+1. The van der Waals surface area contributed by atoms with Gasteiger partial charge >= 0.3 is 0 Å². The van der Waals surface area contributed by atoms with Crippen molar-refractivity contribution in [2.45, 2.75) is 38.6 Å². The average molecular weight is 404 g/mol. The monoisotopic (exact) mass is 403 g/mol. The van der Waals surface area contributed by atoms with Gasteiger partial charge in [0.1, 0.15) is 6.54 Å². The number of hydrogen-bond acceptors (Lipinski definition) is 3. The third-order valence-electron chi connectivity index (χ3n) is 5.14. The van der Waals surface area contributed by atoms with Gasteiger partial charge in [-0.25, -0.2) is 4.68 Å². The molecule has 1 aliphatic heterocycles. The van der Waals surface area contributed by atoms with Gasteiger partial charge in [-0.15, -0.1) is 0 Å². The lowest BCUT2D eigenvalue weighted by atomic mass is 10.1. The summed E-state index contributed by atoms with van der Waals surface area (Å²) in [5, 5.41) is 7.87. The quantitative estimate of drug-likeness (QED) is 0.689. The summed E-state index contributed by atoms with van der Waals surface area (Å²) < 4.78 is 1.21. The van der Waals surface area contributed by atoms with Crippen LogP contribution in [-0.2, 0) is 11.3 Å². The summed E-state index contributed by atoms with van der Waals surface area (Å²) in [7, 11) is 0. The van der Waals surface area contributed by atoms with Crippen LogP contribution < -0.4 is 15.8 Å². The lowest BCUT2D eigenvalue weighted by Crippen LogP contribution is -3.11. The molecule has 0 bridgehead atoms. The largest absolute Gasteiger partial charge is 0.354 e. The minimum absolute atomic E-state index is 0.0726. The fourth-order valence-corrected chi connectivity index (χ4v) is 3.70. The maximum absolute atomic E-state index is 12.2. The van der Waals surface area contributed by atoms with E-state index < -0.39 is 0 Å². The molecule has 150 valence electrons. The summed E-state index contributed by atoms with van der Waals surface area (Å²) in [6.07, 6.45) is 6.25. The van der Waals surface area contributed by atoms with E-state index in [1.807, 2.05) is 12.1 Å². The average Bonchev–Trinajstić information content (AvgIpc) is 2.96. The molecule has 1 aromatic heterocycles. The van der Waals surface area contributed by atoms with Crippen molar-refractivity contribution in [3.63, 3.8) is 0 Å². The van der Waals surface area contributed by atoms with Crippen LogP contribution in [0.25, 0.3) is 11.3 Å². The molecular weight excluding hydrogens is 376 g/mol. The Bertz CT molecular complexity index is 827. The molecule has 0 aliphatic carbocycles. The Morgan fingerprint density at radius 2 is 1.79 bits per heavy atom. The van der Waals surface area contributed by atoms with E-state index in [4.69, 9.17) is 11.6 Å². The van der Waals surface area contributed by atoms with E-state index in [9.17, 15) is 9.59 Å². The van der Waals surface area contributed by atoms with Gasteiger partial charge in [0.2, 0.25) is 5.91 Å². The fraction of sp³-hybridized carbons (Fsp3) is 0.476. The first kappa shape index (κ1) is 20.6. The number of rotatable bonds is 7. The van der Waals surface area contributed by atoms with Gasteiger partial charge in [-0.1, -0.05) is 23.7 Å². The van der Waals surface area contributed by atoms with Gasteiger partial charge in [-0.2, -0.15) is 5.10 Å². The van der Waals surface area contributed by atoms with Gasteiger partial charge in [-0.05, 0) is 43.9 Å². The van der Waals surface area contributed by atoms with E-state index in [1.54, 1.807) is 23.1 Å². The SMILES string of the molecule is O=C(Cn1nc(-c2ccc(Cl)cc2)ccc1=O)NCCC[NH+]1CCCCCC1. The first-order valence-corrected chi connectivity index (χ1v) is 10.4. The van der Waals surface area contributed by atoms with Crippen molar-refractivity contribution in [1.82, 2.24) is 15.1 Å². The molecule has 0 radical (unpaired) electrons. The van der Waals surface area contributed by atoms with Crippen LogP contribution in [-0.4, -0.2) is 41.9 Å². The lowest BCUT2D eigenvalue weighted by Gasteiger charge is -2.16. The zero-order valence-corrected chi connectivity index (χ0v) is 16.9. The second kappa shape index (κ2) is 10.4. The van der Waals surface area contributed by atoms with E-state index in [1.165, 1.54) is 49.5 Å². The smallest absolute Gasteiger partial charge is 0.267 e. The molecule has 0 unspecified atom stereocenters. The fourth-order valence-electron chi connectivity index (χ4n) is 3.57. The van der Waals surface area contributed by atoms with Gasteiger partial charge in [0.05, 0.1) is 25.3 Å². The number of hydrogen-bond donors (Lipinski definition) is 2. The molecule has 0 atom stereocenters. The highest BCUT2D eigenvalue weighted by molar-refractivity contribution is 6.30. The van der Waals surface area contributed by atoms with Gasteiger partial charge in [0, 0.05) is 29.6 Å². The maximum atomic E-state index is 12.2. The Morgan fingerprint density at radius 1 is 1.07 bits per heavy atom. The molecule has 2 N–H and O–H groups in total. The summed E-state index contributed by atoms with van der Waals surface area (Å²) >= 11 is 5.91. The van der Waals surface area contributed by atoms with Gasteiger partial charge in [0.25, 0.3) is 5.56 Å². The number of nitrogens with one attached hydrogen (secondary N) is 2. The molecule has 0 spiro atoms. The number of amides is 1. The molecule has 3 rings (SSSR count). The molecule has 0 saturated carbocycles. The summed E-state index contributed by atoms with van der Waals surface area (Å²) in [5.41, 5.74) is 1.19.